The van der Waals surface area contributed by atoms with E-state index in [0.29, 0.717) is 17.4 Å². The number of benzene rings is 1. The summed E-state index contributed by atoms with van der Waals surface area (Å²) in [5, 5.41) is 0. The highest BCUT2D eigenvalue weighted by Gasteiger charge is 1.99. The van der Waals surface area contributed by atoms with Gasteiger partial charge in [-0.3, -0.25) is 0 Å². The number of hydrogen-bond donors (Lipinski definition) is 1. The van der Waals surface area contributed by atoms with Gasteiger partial charge in [-0.2, -0.15) is 0 Å². The topological polar surface area (TPSA) is 43.1 Å². The molecule has 0 atom stereocenters. The Morgan fingerprint density at radius 3 is 2.40 bits per heavy atom. The summed E-state index contributed by atoms with van der Waals surface area (Å²) in [6.07, 6.45) is 0. The van der Waals surface area contributed by atoms with Gasteiger partial charge in [0.2, 0.25) is 0 Å². The molecule has 10 heavy (non-hydrogen) atoms. The third-order valence-electron chi connectivity index (χ3n) is 1.21. The minimum atomic E-state index is 0.514. The van der Waals surface area contributed by atoms with Crippen LogP contribution >= 0.6 is 0 Å². The molecule has 2 nitrogen and oxygen atoms in total. The molecule has 0 aromatic heterocycles. The van der Waals surface area contributed by atoms with Crippen molar-refractivity contribution in [3.8, 4) is 0 Å². The second kappa shape index (κ2) is 3.27. The van der Waals surface area contributed by atoms with E-state index in [2.05, 4.69) is 0 Å². The van der Waals surface area contributed by atoms with Crippen LogP contribution in [0.4, 0.5) is 5.69 Å². The van der Waals surface area contributed by atoms with Crippen molar-refractivity contribution in [3.63, 3.8) is 0 Å². The predicted octanol–water partition coefficient (Wildman–Crippen LogP) is 1.20. The van der Waals surface area contributed by atoms with Crippen LogP contribution in [0.1, 0.15) is 5.56 Å². The maximum atomic E-state index is 10.1. The van der Waals surface area contributed by atoms with E-state index in [-0.39, 0.29) is 0 Å². The Morgan fingerprint density at radius 1 is 1.30 bits per heavy atom. The highest BCUT2D eigenvalue weighted by Crippen LogP contribution is 2.04. The van der Waals surface area contributed by atoms with E-state index in [4.69, 9.17) is 5.73 Å². The molecule has 0 spiro atoms. The molecule has 1 aromatic rings. The van der Waals surface area contributed by atoms with Gasteiger partial charge in [0.15, 0.2) is 0 Å². The molecule has 1 rings (SSSR count). The first-order valence-electron chi connectivity index (χ1n) is 2.92. The summed E-state index contributed by atoms with van der Waals surface area (Å²) in [5.74, 6) is 0.514. The van der Waals surface area contributed by atoms with E-state index in [1.54, 1.807) is 12.1 Å². The Bertz CT molecular complexity index is 220. The molecule has 3 heteroatoms. The van der Waals surface area contributed by atoms with Crippen molar-refractivity contribution in [2.45, 2.75) is 5.75 Å². The van der Waals surface area contributed by atoms with Gasteiger partial charge >= 0.3 is 11.7 Å². The normalized spacial score (nSPS) is 9.20. The molecule has 0 bridgehead atoms. The molecule has 0 saturated heterocycles. The average molecular weight is 154 g/mol. The lowest BCUT2D eigenvalue weighted by Gasteiger charge is -1.90. The first kappa shape index (κ1) is 7.15. The van der Waals surface area contributed by atoms with Crippen LogP contribution in [-0.2, 0) is 21.6 Å². The summed E-state index contributed by atoms with van der Waals surface area (Å²) < 4.78 is 10.1. The zero-order chi connectivity index (χ0) is 7.40. The second-order valence-corrected chi connectivity index (χ2v) is 2.53. The summed E-state index contributed by atoms with van der Waals surface area (Å²) in [6.45, 7) is 0. The first-order chi connectivity index (χ1) is 4.83. The van der Waals surface area contributed by atoms with E-state index in [1.807, 2.05) is 12.1 Å². The third kappa shape index (κ3) is 1.77. The fourth-order valence-corrected chi connectivity index (χ4v) is 1.01. The van der Waals surface area contributed by atoms with E-state index in [1.165, 1.54) is 0 Å². The van der Waals surface area contributed by atoms with Gasteiger partial charge < -0.3 is 5.73 Å². The molecule has 0 saturated carbocycles. The zero-order valence-electron chi connectivity index (χ0n) is 5.41. The molecule has 0 radical (unpaired) electrons. The second-order valence-electron chi connectivity index (χ2n) is 2.00. The average Bonchev–Trinajstić information content (AvgIpc) is 1.95. The van der Waals surface area contributed by atoms with Crippen LogP contribution in [0.25, 0.3) is 0 Å². The lowest BCUT2D eigenvalue weighted by molar-refractivity contribution is 0.604. The number of rotatable bonds is 2. The van der Waals surface area contributed by atoms with Crippen LogP contribution in [0.15, 0.2) is 24.3 Å². The fraction of sp³-hybridized carbons (Fsp3) is 0.143. The smallest absolute Gasteiger partial charge is 0.399 e. The number of anilines is 1. The molecule has 0 aliphatic carbocycles. The summed E-state index contributed by atoms with van der Waals surface area (Å²) in [6, 6.07) is 7.32. The summed E-state index contributed by atoms with van der Waals surface area (Å²) in [4.78, 5) is 0. The molecule has 0 heterocycles. The van der Waals surface area contributed by atoms with Crippen molar-refractivity contribution < 1.29 is 4.21 Å². The molecule has 0 fully saturated rings. The molecule has 2 N–H and O–H groups in total. The summed E-state index contributed by atoms with van der Waals surface area (Å²) in [5.41, 5.74) is 7.20. The largest absolute Gasteiger partial charge is 0.463 e. The Kier molecular flexibility index (Phi) is 2.34. The van der Waals surface area contributed by atoms with Gasteiger partial charge in [-0.15, -0.1) is 0 Å². The lowest BCUT2D eigenvalue weighted by Crippen LogP contribution is -1.85. The number of nitrogens with two attached hydrogens (primary N) is 1. The lowest BCUT2D eigenvalue weighted by atomic mass is 10.2. The minimum absolute atomic E-state index is 0.514. The van der Waals surface area contributed by atoms with Crippen molar-refractivity contribution in [2.24, 2.45) is 0 Å². The maximum absolute atomic E-state index is 10.1. The molecule has 0 aliphatic heterocycles. The Labute approximate surface area is 63.5 Å². The standard InChI is InChI=1S/C7H8NOS/c8-7-3-1-6(2-4-7)5-10-9/h1-4H,5,8H2/q+1. The van der Waals surface area contributed by atoms with Gasteiger partial charge in [0, 0.05) is 15.5 Å². The van der Waals surface area contributed by atoms with Crippen LogP contribution in [0, 0.1) is 0 Å². The van der Waals surface area contributed by atoms with Gasteiger partial charge in [0.25, 0.3) is 5.75 Å². The van der Waals surface area contributed by atoms with Crippen LogP contribution < -0.4 is 5.73 Å². The van der Waals surface area contributed by atoms with Crippen molar-refractivity contribution in [3.05, 3.63) is 29.8 Å². The van der Waals surface area contributed by atoms with Gasteiger partial charge in [0.05, 0.1) is 0 Å². The zero-order valence-corrected chi connectivity index (χ0v) is 6.23. The monoisotopic (exact) mass is 154 g/mol. The van der Waals surface area contributed by atoms with Crippen LogP contribution in [0.5, 0.6) is 0 Å². The van der Waals surface area contributed by atoms with Crippen molar-refractivity contribution >= 4 is 17.4 Å². The number of hydrogen-bond acceptors (Lipinski definition) is 2. The van der Waals surface area contributed by atoms with Crippen LogP contribution in [0.3, 0.4) is 0 Å². The van der Waals surface area contributed by atoms with Crippen LogP contribution in [-0.4, -0.2) is 0 Å². The molecule has 1 aromatic carbocycles. The van der Waals surface area contributed by atoms with E-state index in [9.17, 15) is 4.21 Å². The highest BCUT2D eigenvalue weighted by molar-refractivity contribution is 7.64. The predicted molar refractivity (Wildman–Crippen MR) is 42.6 cm³/mol. The van der Waals surface area contributed by atoms with Crippen molar-refractivity contribution in [1.82, 2.24) is 0 Å². The molecule has 52 valence electrons. The molecule has 0 unspecified atom stereocenters. The highest BCUT2D eigenvalue weighted by atomic mass is 32.1. The van der Waals surface area contributed by atoms with E-state index >= 15 is 0 Å². The van der Waals surface area contributed by atoms with Crippen molar-refractivity contribution in [1.29, 1.82) is 0 Å². The van der Waals surface area contributed by atoms with Gasteiger partial charge in [-0.05, 0) is 12.1 Å². The van der Waals surface area contributed by atoms with Gasteiger partial charge in [-0.1, -0.05) is 12.1 Å². The van der Waals surface area contributed by atoms with E-state index in [0.717, 1.165) is 11.3 Å². The third-order valence-corrected chi connectivity index (χ3v) is 1.66. The molecule has 0 aliphatic rings. The van der Waals surface area contributed by atoms with Crippen LogP contribution in [0.2, 0.25) is 0 Å². The van der Waals surface area contributed by atoms with Gasteiger partial charge in [-0.25, -0.2) is 0 Å². The Morgan fingerprint density at radius 2 is 1.90 bits per heavy atom. The SMILES string of the molecule is Nc1ccc(C[S+]=O)cc1. The fourth-order valence-electron chi connectivity index (χ4n) is 0.682. The summed E-state index contributed by atoms with van der Waals surface area (Å²) in [7, 11) is 0. The summed E-state index contributed by atoms with van der Waals surface area (Å²) >= 11 is 0.570. The first-order valence-corrected chi connectivity index (χ1v) is 3.83. The van der Waals surface area contributed by atoms with Crippen molar-refractivity contribution in [2.75, 3.05) is 5.73 Å². The number of nitrogen functional groups attached to an aromatic ring is 1. The van der Waals surface area contributed by atoms with E-state index < -0.39 is 0 Å². The maximum Gasteiger partial charge on any atom is 0.463 e. The van der Waals surface area contributed by atoms with Gasteiger partial charge in [0.1, 0.15) is 0 Å². The Balaban J connectivity index is 2.78. The quantitative estimate of drug-likeness (QED) is 0.513. The molecular weight excluding hydrogens is 146 g/mol. The Hall–Kier alpha value is -0.960. The molecule has 0 amide bonds. The molecular formula is C7H8NOS+. The minimum Gasteiger partial charge on any atom is -0.399 e.